The number of piperidine rings is 1. The Hall–Kier alpha value is 0.734. The van der Waals surface area contributed by atoms with Crippen LogP contribution in [0.2, 0.25) is 0 Å². The Kier molecular flexibility index (Phi) is 5.75. The first kappa shape index (κ1) is 11.7. The number of nitrogens with zero attached hydrogens (tertiary/aromatic N) is 1. The van der Waals surface area contributed by atoms with E-state index in [0.717, 1.165) is 25.9 Å². The zero-order valence-electron chi connectivity index (χ0n) is 7.05. The van der Waals surface area contributed by atoms with Crippen LogP contribution in [0, 0.1) is 13.0 Å². The van der Waals surface area contributed by atoms with Crippen LogP contribution in [-0.2, 0) is 37.5 Å². The molecule has 0 aliphatic carbocycles. The molecule has 0 amide bonds. The molecule has 0 unspecified atom stereocenters. The molecular formula is C8H14NOY-. The first-order valence-electron chi connectivity index (χ1n) is 3.76. The molecule has 0 aromatic heterocycles. The van der Waals surface area contributed by atoms with Crippen molar-refractivity contribution in [3.8, 4) is 0 Å². The van der Waals surface area contributed by atoms with Crippen LogP contribution in [0.3, 0.4) is 0 Å². The fraction of sp³-hybridized carbons (Fsp3) is 0.750. The summed E-state index contributed by atoms with van der Waals surface area (Å²) in [6.45, 7) is 3.64. The van der Waals surface area contributed by atoms with Crippen LogP contribution in [0.5, 0.6) is 0 Å². The van der Waals surface area contributed by atoms with Gasteiger partial charge in [-0.25, -0.2) is 0 Å². The standard InChI is InChI=1S/C8H14NO.Y/c1-7(10)8-3-5-9(2)6-4-8;/h8H,2-6H2,1H3;/q-1;. The first-order chi connectivity index (χ1) is 4.70. The molecule has 1 saturated heterocycles. The van der Waals surface area contributed by atoms with Gasteiger partial charge in [0, 0.05) is 38.6 Å². The summed E-state index contributed by atoms with van der Waals surface area (Å²) in [5.41, 5.74) is 0. The molecule has 0 aromatic rings. The normalized spacial score (nSPS) is 20.9. The number of rotatable bonds is 1. The Labute approximate surface area is 93.6 Å². The van der Waals surface area contributed by atoms with Gasteiger partial charge in [-0.3, -0.25) is 11.8 Å². The van der Waals surface area contributed by atoms with Crippen molar-refractivity contribution in [2.24, 2.45) is 5.92 Å². The van der Waals surface area contributed by atoms with Crippen molar-refractivity contribution in [1.82, 2.24) is 4.90 Å². The molecule has 1 heterocycles. The Morgan fingerprint density at radius 1 is 1.45 bits per heavy atom. The minimum absolute atomic E-state index is 0. The van der Waals surface area contributed by atoms with Gasteiger partial charge in [-0.05, 0) is 32.9 Å². The van der Waals surface area contributed by atoms with Gasteiger partial charge in [0.25, 0.3) is 0 Å². The van der Waals surface area contributed by atoms with Crippen molar-refractivity contribution in [3.05, 3.63) is 7.05 Å². The minimum atomic E-state index is 0. The van der Waals surface area contributed by atoms with Gasteiger partial charge < -0.3 is 4.90 Å². The molecule has 0 aromatic carbocycles. The second kappa shape index (κ2) is 5.39. The van der Waals surface area contributed by atoms with Gasteiger partial charge in [-0.15, -0.1) is 0 Å². The largest absolute Gasteiger partial charge is 0.459 e. The van der Waals surface area contributed by atoms with E-state index >= 15 is 0 Å². The molecule has 0 saturated carbocycles. The zero-order valence-corrected chi connectivity index (χ0v) is 9.88. The Morgan fingerprint density at radius 3 is 2.27 bits per heavy atom. The molecule has 61 valence electrons. The third-order valence-corrected chi connectivity index (χ3v) is 2.16. The van der Waals surface area contributed by atoms with Crippen molar-refractivity contribution in [2.45, 2.75) is 19.8 Å². The maximum atomic E-state index is 10.9. The predicted octanol–water partition coefficient (Wildman–Crippen LogP) is 1.08. The third-order valence-electron chi connectivity index (χ3n) is 2.16. The van der Waals surface area contributed by atoms with Crippen LogP contribution in [0.15, 0.2) is 0 Å². The topological polar surface area (TPSA) is 20.3 Å². The Balaban J connectivity index is 0.000001000. The molecule has 0 atom stereocenters. The molecule has 0 spiro atoms. The van der Waals surface area contributed by atoms with Crippen molar-refractivity contribution in [2.75, 3.05) is 13.1 Å². The maximum Gasteiger partial charge on any atom is 0.132 e. The summed E-state index contributed by atoms with van der Waals surface area (Å²) < 4.78 is 0. The fourth-order valence-corrected chi connectivity index (χ4v) is 1.34. The van der Waals surface area contributed by atoms with Crippen LogP contribution >= 0.6 is 0 Å². The average Bonchev–Trinajstić information content (AvgIpc) is 1.88. The van der Waals surface area contributed by atoms with Crippen LogP contribution in [0.1, 0.15) is 19.8 Å². The Morgan fingerprint density at radius 2 is 1.91 bits per heavy atom. The molecule has 11 heavy (non-hydrogen) atoms. The smallest absolute Gasteiger partial charge is 0.132 e. The number of likely N-dealkylation sites (tertiary alicyclic amines) is 1. The maximum absolute atomic E-state index is 10.9. The minimum Gasteiger partial charge on any atom is -0.459 e. The second-order valence-corrected chi connectivity index (χ2v) is 3.00. The van der Waals surface area contributed by atoms with Gasteiger partial charge in [-0.1, -0.05) is 0 Å². The zero-order chi connectivity index (χ0) is 7.56. The van der Waals surface area contributed by atoms with Crippen molar-refractivity contribution in [3.63, 3.8) is 0 Å². The molecule has 3 heteroatoms. The third kappa shape index (κ3) is 3.77. The van der Waals surface area contributed by atoms with Crippen molar-refractivity contribution >= 4 is 5.78 Å². The summed E-state index contributed by atoms with van der Waals surface area (Å²) >= 11 is 0. The van der Waals surface area contributed by atoms with Gasteiger partial charge >= 0.3 is 0 Å². The van der Waals surface area contributed by atoms with E-state index in [1.165, 1.54) is 0 Å². The van der Waals surface area contributed by atoms with E-state index < -0.39 is 0 Å². The van der Waals surface area contributed by atoms with Crippen molar-refractivity contribution in [1.29, 1.82) is 0 Å². The number of Topliss-reactive ketones (excluding diaryl/α,β-unsaturated/α-hetero) is 1. The van der Waals surface area contributed by atoms with Gasteiger partial charge in [0.05, 0.1) is 0 Å². The Bertz CT molecular complexity index is 130. The number of carbonyl (C=O) groups is 1. The van der Waals surface area contributed by atoms with E-state index in [1.807, 2.05) is 4.90 Å². The van der Waals surface area contributed by atoms with Gasteiger partial charge in [0.15, 0.2) is 0 Å². The number of carbonyl (C=O) groups excluding carboxylic acids is 1. The van der Waals surface area contributed by atoms with Crippen LogP contribution in [0.25, 0.3) is 0 Å². The average molecular weight is 229 g/mol. The first-order valence-corrected chi connectivity index (χ1v) is 3.76. The van der Waals surface area contributed by atoms with E-state index in [4.69, 9.17) is 0 Å². The molecule has 0 N–H and O–H groups in total. The molecular weight excluding hydrogens is 215 g/mol. The number of hydrogen-bond acceptors (Lipinski definition) is 2. The van der Waals surface area contributed by atoms with Crippen LogP contribution in [0.4, 0.5) is 0 Å². The van der Waals surface area contributed by atoms with E-state index in [0.29, 0.717) is 11.7 Å². The summed E-state index contributed by atoms with van der Waals surface area (Å²) in [6, 6.07) is 0. The summed E-state index contributed by atoms with van der Waals surface area (Å²) in [5, 5.41) is 0. The summed E-state index contributed by atoms with van der Waals surface area (Å²) in [7, 11) is 3.81. The van der Waals surface area contributed by atoms with Crippen molar-refractivity contribution < 1.29 is 37.5 Å². The van der Waals surface area contributed by atoms with E-state index in [-0.39, 0.29) is 32.7 Å². The molecule has 1 fully saturated rings. The molecule has 0 bridgehead atoms. The monoisotopic (exact) mass is 229 g/mol. The van der Waals surface area contributed by atoms with Gasteiger partial charge in [0.1, 0.15) is 5.78 Å². The summed E-state index contributed by atoms with van der Waals surface area (Å²) in [4.78, 5) is 12.9. The SMILES string of the molecule is [CH2-]N1CCC(C(C)=O)CC1.[Y]. The van der Waals surface area contributed by atoms with Crippen LogP contribution < -0.4 is 0 Å². The molecule has 1 radical (unpaired) electrons. The van der Waals surface area contributed by atoms with Crippen LogP contribution in [-0.4, -0.2) is 23.8 Å². The summed E-state index contributed by atoms with van der Waals surface area (Å²) in [6.07, 6.45) is 2.00. The molecule has 1 rings (SSSR count). The molecule has 1 aliphatic heterocycles. The van der Waals surface area contributed by atoms with E-state index in [9.17, 15) is 4.79 Å². The van der Waals surface area contributed by atoms with E-state index in [2.05, 4.69) is 7.05 Å². The van der Waals surface area contributed by atoms with Gasteiger partial charge in [0.2, 0.25) is 0 Å². The molecule has 2 nitrogen and oxygen atoms in total. The second-order valence-electron chi connectivity index (χ2n) is 3.00. The number of hydrogen-bond donors (Lipinski definition) is 0. The van der Waals surface area contributed by atoms with Gasteiger partial charge in [-0.2, -0.15) is 0 Å². The predicted molar refractivity (Wildman–Crippen MR) is 40.3 cm³/mol. The quantitative estimate of drug-likeness (QED) is 0.627. The van der Waals surface area contributed by atoms with E-state index in [1.54, 1.807) is 6.92 Å². The fourth-order valence-electron chi connectivity index (χ4n) is 1.34. The molecule has 1 aliphatic rings. The summed E-state index contributed by atoms with van der Waals surface area (Å²) in [5.74, 6) is 0.658. The number of ketones is 1.